The molecule has 0 saturated heterocycles. The molecule has 1 atom stereocenters. The van der Waals surface area contributed by atoms with Gasteiger partial charge in [-0.25, -0.2) is 4.98 Å². The number of aryl methyl sites for hydroxylation is 3. The Morgan fingerprint density at radius 3 is 1.80 bits per heavy atom. The van der Waals surface area contributed by atoms with Gasteiger partial charge in [0, 0.05) is 40.3 Å². The van der Waals surface area contributed by atoms with Crippen molar-refractivity contribution in [2.45, 2.75) is 77.7 Å². The highest BCUT2D eigenvalue weighted by Gasteiger charge is 2.38. The predicted molar refractivity (Wildman–Crippen MR) is 189 cm³/mol. The highest BCUT2D eigenvalue weighted by molar-refractivity contribution is 6.00. The molecule has 51 heavy (non-hydrogen) atoms. The van der Waals surface area contributed by atoms with Gasteiger partial charge in [-0.15, -0.1) is 0 Å². The molecular weight excluding hydrogens is 656 g/mol. The van der Waals surface area contributed by atoms with E-state index < -0.39 is 35.4 Å². The smallest absolute Gasteiger partial charge is 0.310 e. The van der Waals surface area contributed by atoms with Crippen LogP contribution in [0.5, 0.6) is 0 Å². The van der Waals surface area contributed by atoms with E-state index in [0.29, 0.717) is 56.1 Å². The molecule has 0 saturated carbocycles. The largest absolute Gasteiger partial charge is 0.469 e. The van der Waals surface area contributed by atoms with Crippen LogP contribution in [0.4, 0.5) is 0 Å². The van der Waals surface area contributed by atoms with Crippen LogP contribution in [-0.4, -0.2) is 77.4 Å². The van der Waals surface area contributed by atoms with Gasteiger partial charge < -0.3 is 34.0 Å². The van der Waals surface area contributed by atoms with E-state index in [1.165, 1.54) is 28.4 Å². The van der Waals surface area contributed by atoms with Gasteiger partial charge in [0.05, 0.1) is 64.1 Å². The van der Waals surface area contributed by atoms with E-state index >= 15 is 0 Å². The van der Waals surface area contributed by atoms with Crippen LogP contribution in [0.3, 0.4) is 0 Å². The van der Waals surface area contributed by atoms with Crippen molar-refractivity contribution in [3.8, 4) is 0 Å². The lowest BCUT2D eigenvalue weighted by Gasteiger charge is -2.22. The van der Waals surface area contributed by atoms with Gasteiger partial charge >= 0.3 is 23.9 Å². The summed E-state index contributed by atoms with van der Waals surface area (Å²) in [7, 11) is 5.23. The highest BCUT2D eigenvalue weighted by Crippen LogP contribution is 2.41. The molecule has 0 amide bonds. The van der Waals surface area contributed by atoms with E-state index in [1.54, 1.807) is 6.07 Å². The van der Waals surface area contributed by atoms with E-state index in [-0.39, 0.29) is 38.5 Å². The number of esters is 4. The van der Waals surface area contributed by atoms with Gasteiger partial charge in [0.1, 0.15) is 6.10 Å². The molecule has 5 rings (SSSR count). The molecule has 0 fully saturated rings. The molecule has 1 unspecified atom stereocenters. The Morgan fingerprint density at radius 1 is 0.667 bits per heavy atom. The summed E-state index contributed by atoms with van der Waals surface area (Å²) >= 11 is 0. The second-order valence-corrected chi connectivity index (χ2v) is 13.2. The van der Waals surface area contributed by atoms with Crippen LogP contribution in [-0.2, 0) is 56.4 Å². The Labute approximate surface area is 295 Å². The fourth-order valence-corrected chi connectivity index (χ4v) is 6.50. The maximum Gasteiger partial charge on any atom is 0.310 e. The van der Waals surface area contributed by atoms with Crippen LogP contribution in [0.1, 0.15) is 90.7 Å². The summed E-state index contributed by atoms with van der Waals surface area (Å²) in [4.78, 5) is 67.3. The van der Waals surface area contributed by atoms with Crippen molar-refractivity contribution in [3.63, 3.8) is 0 Å². The number of nitrogens with zero attached hydrogens (tertiary/aromatic N) is 2. The van der Waals surface area contributed by atoms with Gasteiger partial charge in [0.2, 0.25) is 0 Å². The second-order valence-electron chi connectivity index (χ2n) is 13.2. The number of aliphatic hydroxyl groups is 1. The lowest BCUT2D eigenvalue weighted by Crippen LogP contribution is -2.21. The van der Waals surface area contributed by atoms with Crippen molar-refractivity contribution in [1.29, 1.82) is 0 Å². The molecule has 270 valence electrons. The Balaban J connectivity index is 1.97. The van der Waals surface area contributed by atoms with Crippen molar-refractivity contribution in [2.24, 2.45) is 0 Å². The third-order valence-corrected chi connectivity index (χ3v) is 9.87. The highest BCUT2D eigenvalue weighted by atomic mass is 16.5. The van der Waals surface area contributed by atoms with E-state index in [2.05, 4.69) is 9.97 Å². The molecule has 13 nitrogen and oxygen atoms in total. The maximum atomic E-state index is 12.8. The normalized spacial score (nSPS) is 15.0. The summed E-state index contributed by atoms with van der Waals surface area (Å²) in [5, 5.41) is 11.5. The lowest BCUT2D eigenvalue weighted by molar-refractivity contribution is -0.141. The number of carbonyl (C=O) groups is 4. The zero-order chi connectivity index (χ0) is 37.2. The fourth-order valence-electron chi connectivity index (χ4n) is 6.50. The first kappa shape index (κ1) is 37.0. The van der Waals surface area contributed by atoms with E-state index in [9.17, 15) is 24.3 Å². The van der Waals surface area contributed by atoms with Crippen LogP contribution in [0.2, 0.25) is 0 Å². The van der Waals surface area contributed by atoms with Gasteiger partial charge in [-0.2, -0.15) is 0 Å². The number of aliphatic hydroxyl groups excluding tert-OH is 1. The van der Waals surface area contributed by atoms with Crippen molar-refractivity contribution in [2.75, 3.05) is 28.4 Å². The number of rotatable bonds is 10. The quantitative estimate of drug-likeness (QED) is 0.187. The number of nitrogens with one attached hydrogen (secondary N) is 2. The number of aromatic amines is 2. The second kappa shape index (κ2) is 14.9. The van der Waals surface area contributed by atoms with Crippen LogP contribution >= 0.6 is 0 Å². The molecule has 5 heterocycles. The first-order chi connectivity index (χ1) is 24.2. The molecule has 8 bridgehead atoms. The van der Waals surface area contributed by atoms with E-state index in [0.717, 1.165) is 22.2 Å². The lowest BCUT2D eigenvalue weighted by atomic mass is 9.84. The number of hydrogen-bond donors (Lipinski definition) is 3. The molecule has 2 aliphatic heterocycles. The minimum Gasteiger partial charge on any atom is -0.469 e. The first-order valence-electron chi connectivity index (χ1n) is 16.6. The monoisotopic (exact) mass is 700 g/mol. The molecular formula is C38H44N4O9. The summed E-state index contributed by atoms with van der Waals surface area (Å²) in [5.74, 6) is -1.85. The Morgan fingerprint density at radius 2 is 1.18 bits per heavy atom. The van der Waals surface area contributed by atoms with Gasteiger partial charge in [0.25, 0.3) is 0 Å². The third-order valence-electron chi connectivity index (χ3n) is 9.87. The molecule has 3 N–H and O–H groups in total. The SMILES string of the molecule is COC(=O)CCC1=C(CC(=O)OC)c2cc3[nH]c(cc4nc(cc5[nH]c(cc1n2)c(CCC(=O)OC)c5CC(=O)OC)C(C)(C)C4O)c(C)c3C. The summed E-state index contributed by atoms with van der Waals surface area (Å²) < 4.78 is 20.0. The average molecular weight is 701 g/mol. The third kappa shape index (κ3) is 7.43. The van der Waals surface area contributed by atoms with E-state index in [1.807, 2.05) is 45.9 Å². The van der Waals surface area contributed by atoms with Gasteiger partial charge in [-0.1, -0.05) is 13.8 Å². The van der Waals surface area contributed by atoms with E-state index in [4.69, 9.17) is 28.9 Å². The number of hydrogen-bond acceptors (Lipinski definition) is 11. The molecule has 3 aromatic heterocycles. The minimum atomic E-state index is -0.943. The van der Waals surface area contributed by atoms with Gasteiger partial charge in [0.15, 0.2) is 0 Å². The summed E-state index contributed by atoms with van der Waals surface area (Å²) in [6.07, 6.45) is -0.720. The van der Waals surface area contributed by atoms with Crippen molar-refractivity contribution in [1.82, 2.24) is 19.9 Å². The molecule has 0 radical (unpaired) electrons. The summed E-state index contributed by atoms with van der Waals surface area (Å²) in [5.41, 5.74) is 8.11. The van der Waals surface area contributed by atoms with Crippen molar-refractivity contribution < 1.29 is 43.2 Å². The van der Waals surface area contributed by atoms with Crippen LogP contribution < -0.4 is 0 Å². The number of aromatic nitrogens is 4. The Kier molecular flexibility index (Phi) is 10.8. The van der Waals surface area contributed by atoms with Gasteiger partial charge in [-0.3, -0.25) is 24.2 Å². The average Bonchev–Trinajstić information content (AvgIpc) is 3.75. The maximum absolute atomic E-state index is 12.8. The zero-order valence-corrected chi connectivity index (χ0v) is 30.2. The number of ether oxygens (including phenoxy) is 4. The number of carbonyl (C=O) groups excluding carboxylic acids is 4. The Hall–Kier alpha value is -5.30. The van der Waals surface area contributed by atoms with Gasteiger partial charge in [-0.05, 0) is 84.4 Å². The van der Waals surface area contributed by atoms with Crippen LogP contribution in [0.15, 0.2) is 24.3 Å². The number of H-pyrrole nitrogens is 2. The first-order valence-corrected chi connectivity index (χ1v) is 16.6. The molecule has 2 aliphatic rings. The molecule has 0 aliphatic carbocycles. The summed E-state index contributed by atoms with van der Waals surface area (Å²) in [6, 6.07) is 7.28. The number of methoxy groups -OCH3 is 4. The Bertz CT molecular complexity index is 2100. The fraction of sp³-hybridized carbons (Fsp3) is 0.421. The predicted octanol–water partition coefficient (Wildman–Crippen LogP) is 5.19. The minimum absolute atomic E-state index is 0.0185. The number of fused-ring (bicyclic) bond motifs is 8. The molecule has 13 heteroatoms. The zero-order valence-electron chi connectivity index (χ0n) is 30.2. The van der Waals surface area contributed by atoms with Crippen molar-refractivity contribution in [3.05, 3.63) is 69.3 Å². The van der Waals surface area contributed by atoms with Crippen molar-refractivity contribution >= 4 is 57.1 Å². The number of allylic oxidation sites excluding steroid dienone is 1. The summed E-state index contributed by atoms with van der Waals surface area (Å²) in [6.45, 7) is 7.73. The molecule has 0 aromatic carbocycles. The standard InChI is InChI=1S/C38H44N4O9/c1-19-20(2)26-16-31-37(47)38(3,4)32(42-31)18-30-24(14-36(46)51-8)22(10-12-34(44)49-6)28(41-30)17-27-21(9-11-33(43)48-5)23(13-35(45)50-7)29(40-27)15-25(19)39-26/h15-18,37,39,41,47H,9-14H2,1-8H3. The molecule has 3 aromatic rings. The molecule has 0 spiro atoms. The topological polar surface area (TPSA) is 183 Å². The van der Waals surface area contributed by atoms with Crippen LogP contribution in [0.25, 0.3) is 33.2 Å². The van der Waals surface area contributed by atoms with Crippen LogP contribution in [0, 0.1) is 13.8 Å².